The molecule has 110 valence electrons. The van der Waals surface area contributed by atoms with Crippen molar-refractivity contribution in [3.8, 4) is 0 Å². The lowest BCUT2D eigenvalue weighted by Gasteiger charge is -2.05. The summed E-state index contributed by atoms with van der Waals surface area (Å²) in [7, 11) is 1.55. The zero-order valence-electron chi connectivity index (χ0n) is 11.1. The van der Waals surface area contributed by atoms with Crippen molar-refractivity contribution in [1.82, 2.24) is 15.1 Å². The Labute approximate surface area is 138 Å². The fraction of sp³-hybridized carbons (Fsp3) is 0.154. The van der Waals surface area contributed by atoms with Crippen molar-refractivity contribution < 1.29 is 9.59 Å². The molecule has 21 heavy (non-hydrogen) atoms. The average Bonchev–Trinajstić information content (AvgIpc) is 2.88. The average molecular weight is 416 g/mol. The zero-order chi connectivity index (χ0) is 15.4. The van der Waals surface area contributed by atoms with E-state index in [4.69, 9.17) is 0 Å². The van der Waals surface area contributed by atoms with Gasteiger partial charge in [0.15, 0.2) is 0 Å². The van der Waals surface area contributed by atoms with Crippen LogP contribution in [0.1, 0.15) is 10.4 Å². The van der Waals surface area contributed by atoms with E-state index in [-0.39, 0.29) is 18.4 Å². The molecule has 1 aromatic carbocycles. The largest absolute Gasteiger partial charge is 0.358 e. The lowest BCUT2D eigenvalue weighted by Crippen LogP contribution is -2.23. The number of nitrogens with one attached hydrogen (secondary N) is 2. The molecule has 0 fully saturated rings. The highest BCUT2D eigenvalue weighted by atomic mass is 79.9. The summed E-state index contributed by atoms with van der Waals surface area (Å²) < 4.78 is 2.96. The summed E-state index contributed by atoms with van der Waals surface area (Å²) in [6.45, 7) is 0.104. The van der Waals surface area contributed by atoms with E-state index in [1.807, 2.05) is 6.07 Å². The van der Waals surface area contributed by atoms with Crippen LogP contribution in [-0.4, -0.2) is 28.6 Å². The summed E-state index contributed by atoms with van der Waals surface area (Å²) >= 11 is 6.66. The molecule has 0 saturated carbocycles. The summed E-state index contributed by atoms with van der Waals surface area (Å²) in [6, 6.07) is 5.34. The van der Waals surface area contributed by atoms with Crippen molar-refractivity contribution in [3.05, 3.63) is 45.1 Å². The van der Waals surface area contributed by atoms with Gasteiger partial charge in [0.25, 0.3) is 5.91 Å². The van der Waals surface area contributed by atoms with Crippen molar-refractivity contribution in [1.29, 1.82) is 0 Å². The molecule has 2 N–H and O–H groups in total. The minimum atomic E-state index is -0.261. The Morgan fingerprint density at radius 2 is 2.10 bits per heavy atom. The molecule has 0 unspecified atom stereocenters. The Morgan fingerprint density at radius 1 is 1.33 bits per heavy atom. The SMILES string of the molecule is CNC(=O)Cn1cc(NC(=O)c2cc(Br)ccc2Br)cn1. The van der Waals surface area contributed by atoms with Gasteiger partial charge in [-0.25, -0.2) is 0 Å². The van der Waals surface area contributed by atoms with Crippen LogP contribution in [0.2, 0.25) is 0 Å². The molecule has 1 heterocycles. The van der Waals surface area contributed by atoms with Crippen LogP contribution in [-0.2, 0) is 11.3 Å². The molecule has 0 atom stereocenters. The number of amides is 2. The van der Waals surface area contributed by atoms with E-state index < -0.39 is 0 Å². The number of halogens is 2. The number of carbonyl (C=O) groups is 2. The second-order valence-electron chi connectivity index (χ2n) is 4.18. The van der Waals surface area contributed by atoms with Crippen LogP contribution in [0.4, 0.5) is 5.69 Å². The third-order valence-corrected chi connectivity index (χ3v) is 3.83. The van der Waals surface area contributed by atoms with Crippen molar-refractivity contribution in [2.75, 3.05) is 12.4 Å². The molecule has 0 aliphatic heterocycles. The number of nitrogens with zero attached hydrogens (tertiary/aromatic N) is 2. The maximum absolute atomic E-state index is 12.2. The number of rotatable bonds is 4. The van der Waals surface area contributed by atoms with E-state index in [0.717, 1.165) is 4.47 Å². The fourth-order valence-corrected chi connectivity index (χ4v) is 2.40. The topological polar surface area (TPSA) is 76.0 Å². The quantitative estimate of drug-likeness (QED) is 0.804. The van der Waals surface area contributed by atoms with E-state index >= 15 is 0 Å². The lowest BCUT2D eigenvalue weighted by atomic mass is 10.2. The normalized spacial score (nSPS) is 10.2. The molecular formula is C13H12Br2N4O2. The Kier molecular flexibility index (Phi) is 5.13. The summed E-state index contributed by atoms with van der Waals surface area (Å²) in [4.78, 5) is 23.4. The highest BCUT2D eigenvalue weighted by Crippen LogP contribution is 2.22. The van der Waals surface area contributed by atoms with Gasteiger partial charge >= 0.3 is 0 Å². The van der Waals surface area contributed by atoms with Gasteiger partial charge in [-0.15, -0.1) is 0 Å². The molecule has 0 spiro atoms. The number of anilines is 1. The van der Waals surface area contributed by atoms with Gasteiger partial charge in [0.1, 0.15) is 6.54 Å². The van der Waals surface area contributed by atoms with Crippen LogP contribution in [0.25, 0.3) is 0 Å². The molecule has 0 aliphatic carbocycles. The number of benzene rings is 1. The Balaban J connectivity index is 2.09. The van der Waals surface area contributed by atoms with E-state index in [2.05, 4.69) is 47.6 Å². The van der Waals surface area contributed by atoms with E-state index in [1.54, 1.807) is 25.4 Å². The van der Waals surface area contributed by atoms with Gasteiger partial charge in [-0.2, -0.15) is 5.10 Å². The summed E-state index contributed by atoms with van der Waals surface area (Å²) in [5, 5.41) is 9.25. The first-order valence-electron chi connectivity index (χ1n) is 5.99. The number of likely N-dealkylation sites (N-methyl/N-ethyl adjacent to an activating group) is 1. The van der Waals surface area contributed by atoms with Gasteiger partial charge in [-0.05, 0) is 34.1 Å². The Hall–Kier alpha value is -1.67. The van der Waals surface area contributed by atoms with Crippen LogP contribution >= 0.6 is 31.9 Å². The molecule has 2 aromatic rings. The minimum absolute atomic E-state index is 0.104. The molecule has 2 amide bonds. The number of aromatic nitrogens is 2. The fourth-order valence-electron chi connectivity index (χ4n) is 1.61. The van der Waals surface area contributed by atoms with Crippen LogP contribution in [0.3, 0.4) is 0 Å². The molecule has 1 aromatic heterocycles. The predicted octanol–water partition coefficient (Wildman–Crippen LogP) is 2.41. The van der Waals surface area contributed by atoms with Crippen LogP contribution in [0.5, 0.6) is 0 Å². The number of carbonyl (C=O) groups excluding carboxylic acids is 2. The van der Waals surface area contributed by atoms with Crippen LogP contribution < -0.4 is 10.6 Å². The monoisotopic (exact) mass is 414 g/mol. The summed E-state index contributed by atoms with van der Waals surface area (Å²) in [5.41, 5.74) is 1.03. The van der Waals surface area contributed by atoms with E-state index in [1.165, 1.54) is 10.9 Å². The first-order valence-corrected chi connectivity index (χ1v) is 7.57. The molecule has 6 nitrogen and oxygen atoms in total. The third-order valence-electron chi connectivity index (χ3n) is 2.65. The molecule has 0 radical (unpaired) electrons. The van der Waals surface area contributed by atoms with Crippen molar-refractivity contribution in [3.63, 3.8) is 0 Å². The Bertz CT molecular complexity index is 685. The van der Waals surface area contributed by atoms with Gasteiger partial charge in [0.05, 0.1) is 17.4 Å². The molecular weight excluding hydrogens is 404 g/mol. The van der Waals surface area contributed by atoms with Crippen molar-refractivity contribution >= 4 is 49.4 Å². The highest BCUT2D eigenvalue weighted by molar-refractivity contribution is 9.11. The molecule has 0 saturated heterocycles. The maximum atomic E-state index is 12.2. The minimum Gasteiger partial charge on any atom is -0.358 e. The second kappa shape index (κ2) is 6.86. The van der Waals surface area contributed by atoms with Gasteiger partial charge < -0.3 is 10.6 Å². The maximum Gasteiger partial charge on any atom is 0.256 e. The predicted molar refractivity (Wildman–Crippen MR) is 86.1 cm³/mol. The summed E-state index contributed by atoms with van der Waals surface area (Å²) in [6.07, 6.45) is 3.09. The number of hydrogen-bond acceptors (Lipinski definition) is 3. The van der Waals surface area contributed by atoms with Crippen molar-refractivity contribution in [2.45, 2.75) is 6.54 Å². The first kappa shape index (κ1) is 15.7. The van der Waals surface area contributed by atoms with Crippen molar-refractivity contribution in [2.24, 2.45) is 0 Å². The standard InChI is InChI=1S/C13H12Br2N4O2/c1-16-12(20)7-19-6-9(5-17-19)18-13(21)10-4-8(14)2-3-11(10)15/h2-6H,7H2,1H3,(H,16,20)(H,18,21). The molecule has 0 bridgehead atoms. The lowest BCUT2D eigenvalue weighted by molar-refractivity contribution is -0.121. The van der Waals surface area contributed by atoms with E-state index in [9.17, 15) is 9.59 Å². The van der Waals surface area contributed by atoms with E-state index in [0.29, 0.717) is 15.7 Å². The second-order valence-corrected chi connectivity index (χ2v) is 5.95. The third kappa shape index (κ3) is 4.15. The molecule has 2 rings (SSSR count). The summed E-state index contributed by atoms with van der Waals surface area (Å²) in [5.74, 6) is -0.423. The van der Waals surface area contributed by atoms with Gasteiger partial charge in [0, 0.05) is 22.2 Å². The molecule has 0 aliphatic rings. The smallest absolute Gasteiger partial charge is 0.256 e. The molecule has 8 heteroatoms. The van der Waals surface area contributed by atoms with Gasteiger partial charge in [0.2, 0.25) is 5.91 Å². The highest BCUT2D eigenvalue weighted by Gasteiger charge is 2.12. The van der Waals surface area contributed by atoms with Crippen LogP contribution in [0.15, 0.2) is 39.5 Å². The van der Waals surface area contributed by atoms with Crippen LogP contribution in [0, 0.1) is 0 Å². The number of hydrogen-bond donors (Lipinski definition) is 2. The Morgan fingerprint density at radius 3 is 2.81 bits per heavy atom. The first-order chi connectivity index (χ1) is 9.99. The van der Waals surface area contributed by atoms with Gasteiger partial charge in [-0.3, -0.25) is 14.3 Å². The zero-order valence-corrected chi connectivity index (χ0v) is 14.2. The van der Waals surface area contributed by atoms with Gasteiger partial charge in [-0.1, -0.05) is 15.9 Å².